The summed E-state index contributed by atoms with van der Waals surface area (Å²) in [4.78, 5) is 12.2. The molecule has 3 aromatic rings. The summed E-state index contributed by atoms with van der Waals surface area (Å²) in [5, 5.41) is 13.6. The van der Waals surface area contributed by atoms with Crippen LogP contribution in [0.1, 0.15) is 23.0 Å². The number of rotatable bonds is 7. The Kier molecular flexibility index (Phi) is 5.94. The number of benzene rings is 2. The Bertz CT molecular complexity index is 899. The lowest BCUT2D eigenvalue weighted by atomic mass is 10.2. The summed E-state index contributed by atoms with van der Waals surface area (Å²) < 4.78 is 19.0. The highest BCUT2D eigenvalue weighted by Crippen LogP contribution is 2.16. The smallest absolute Gasteiger partial charge is 0.276 e. The van der Waals surface area contributed by atoms with Crippen molar-refractivity contribution >= 4 is 17.4 Å². The molecule has 27 heavy (non-hydrogen) atoms. The molecule has 1 aromatic heterocycles. The van der Waals surface area contributed by atoms with E-state index in [-0.39, 0.29) is 24.0 Å². The average molecular weight is 366 g/mol. The van der Waals surface area contributed by atoms with Crippen LogP contribution in [0.3, 0.4) is 0 Å². The Balaban J connectivity index is 1.57. The van der Waals surface area contributed by atoms with Crippen molar-refractivity contribution < 1.29 is 13.9 Å². The number of aromatic nitrogens is 2. The summed E-state index contributed by atoms with van der Waals surface area (Å²) in [6.45, 7) is 2.76. The first-order valence-electron chi connectivity index (χ1n) is 8.51. The lowest BCUT2D eigenvalue weighted by Crippen LogP contribution is -2.15. The second-order valence-electron chi connectivity index (χ2n) is 5.66. The number of nitrogens with zero attached hydrogens (tertiary/aromatic N) is 2. The zero-order valence-electron chi connectivity index (χ0n) is 14.8. The van der Waals surface area contributed by atoms with Crippen molar-refractivity contribution in [1.82, 2.24) is 10.2 Å². The van der Waals surface area contributed by atoms with Gasteiger partial charge < -0.3 is 15.4 Å². The molecule has 2 N–H and O–H groups in total. The molecule has 2 aromatic carbocycles. The Hall–Kier alpha value is -3.48. The van der Waals surface area contributed by atoms with Gasteiger partial charge in [0.15, 0.2) is 5.69 Å². The normalized spacial score (nSPS) is 10.3. The van der Waals surface area contributed by atoms with Crippen molar-refractivity contribution in [3.63, 3.8) is 0 Å². The van der Waals surface area contributed by atoms with Gasteiger partial charge in [0.25, 0.3) is 5.91 Å². The lowest BCUT2D eigenvalue weighted by Gasteiger charge is -2.08. The van der Waals surface area contributed by atoms with Crippen molar-refractivity contribution in [2.24, 2.45) is 0 Å². The maximum Gasteiger partial charge on any atom is 0.276 e. The third-order valence-corrected chi connectivity index (χ3v) is 3.74. The van der Waals surface area contributed by atoms with Crippen molar-refractivity contribution in [2.45, 2.75) is 13.5 Å². The quantitative estimate of drug-likeness (QED) is 0.664. The van der Waals surface area contributed by atoms with Crippen LogP contribution in [0.25, 0.3) is 0 Å². The summed E-state index contributed by atoms with van der Waals surface area (Å²) >= 11 is 0. The van der Waals surface area contributed by atoms with Crippen molar-refractivity contribution in [1.29, 1.82) is 0 Å². The van der Waals surface area contributed by atoms with E-state index in [2.05, 4.69) is 20.8 Å². The second-order valence-corrected chi connectivity index (χ2v) is 5.66. The Labute approximate surface area is 156 Å². The molecule has 0 saturated carbocycles. The summed E-state index contributed by atoms with van der Waals surface area (Å²) in [6.07, 6.45) is 0. The first-order valence-corrected chi connectivity index (χ1v) is 8.51. The third-order valence-electron chi connectivity index (χ3n) is 3.74. The predicted molar refractivity (Wildman–Crippen MR) is 101 cm³/mol. The lowest BCUT2D eigenvalue weighted by molar-refractivity contribution is 0.102. The van der Waals surface area contributed by atoms with Gasteiger partial charge in [-0.3, -0.25) is 4.79 Å². The van der Waals surface area contributed by atoms with Gasteiger partial charge in [0, 0.05) is 17.8 Å². The predicted octanol–water partition coefficient (Wildman–Crippen LogP) is 3.88. The fraction of sp³-hybridized carbons (Fsp3) is 0.150. The molecule has 3 rings (SSSR count). The van der Waals surface area contributed by atoms with Crippen LogP contribution in [0.4, 0.5) is 15.9 Å². The van der Waals surface area contributed by atoms with Gasteiger partial charge in [-0.05, 0) is 49.4 Å². The first-order chi connectivity index (χ1) is 13.2. The van der Waals surface area contributed by atoms with Gasteiger partial charge in [-0.1, -0.05) is 18.2 Å². The fourth-order valence-electron chi connectivity index (χ4n) is 2.37. The standard InChI is InChI=1S/C20H19FN4O2/c1-2-27-16-9-7-15(8-10-16)23-20(26)18-11-12-19(25-24-18)22-13-14-5-3-4-6-17(14)21/h3-12H,2,13H2,1H3,(H,22,25)(H,23,26). The van der Waals surface area contributed by atoms with Crippen LogP contribution in [0.2, 0.25) is 0 Å². The van der Waals surface area contributed by atoms with Crippen LogP contribution in [0, 0.1) is 5.82 Å². The fourth-order valence-corrected chi connectivity index (χ4v) is 2.37. The van der Waals surface area contributed by atoms with Gasteiger partial charge >= 0.3 is 0 Å². The molecule has 1 amide bonds. The molecule has 138 valence electrons. The van der Waals surface area contributed by atoms with Crippen LogP contribution >= 0.6 is 0 Å². The van der Waals surface area contributed by atoms with Crippen LogP contribution in [-0.2, 0) is 6.54 Å². The summed E-state index contributed by atoms with van der Waals surface area (Å²) in [7, 11) is 0. The van der Waals surface area contributed by atoms with E-state index in [1.54, 1.807) is 54.6 Å². The van der Waals surface area contributed by atoms with Gasteiger partial charge in [-0.25, -0.2) is 4.39 Å². The molecule has 0 saturated heterocycles. The highest BCUT2D eigenvalue weighted by atomic mass is 19.1. The SMILES string of the molecule is CCOc1ccc(NC(=O)c2ccc(NCc3ccccc3F)nn2)cc1. The second kappa shape index (κ2) is 8.75. The topological polar surface area (TPSA) is 76.1 Å². The van der Waals surface area contributed by atoms with Crippen LogP contribution in [0.5, 0.6) is 5.75 Å². The van der Waals surface area contributed by atoms with E-state index in [0.717, 1.165) is 5.75 Å². The molecule has 0 bridgehead atoms. The molecular weight excluding hydrogens is 347 g/mol. The highest BCUT2D eigenvalue weighted by Gasteiger charge is 2.09. The molecular formula is C20H19FN4O2. The number of ether oxygens (including phenoxy) is 1. The number of hydrogen-bond donors (Lipinski definition) is 2. The van der Waals surface area contributed by atoms with Crippen molar-refractivity contribution in [3.05, 3.63) is 77.7 Å². The van der Waals surface area contributed by atoms with Crippen LogP contribution in [0.15, 0.2) is 60.7 Å². The van der Waals surface area contributed by atoms with Crippen LogP contribution < -0.4 is 15.4 Å². The molecule has 0 aliphatic heterocycles. The Morgan fingerprint density at radius 3 is 2.48 bits per heavy atom. The number of amides is 1. The molecule has 0 fully saturated rings. The molecule has 6 nitrogen and oxygen atoms in total. The van der Waals surface area contributed by atoms with Crippen LogP contribution in [-0.4, -0.2) is 22.7 Å². The van der Waals surface area contributed by atoms with Gasteiger partial charge in [0.2, 0.25) is 0 Å². The number of nitrogens with one attached hydrogen (secondary N) is 2. The van der Waals surface area contributed by atoms with E-state index in [1.165, 1.54) is 6.07 Å². The van der Waals surface area contributed by atoms with Gasteiger partial charge in [0.1, 0.15) is 17.4 Å². The molecule has 0 aliphatic rings. The van der Waals surface area contributed by atoms with Gasteiger partial charge in [-0.2, -0.15) is 0 Å². The average Bonchev–Trinajstić information content (AvgIpc) is 2.69. The van der Waals surface area contributed by atoms with Crippen molar-refractivity contribution in [3.8, 4) is 5.75 Å². The van der Waals surface area contributed by atoms with E-state index in [4.69, 9.17) is 4.74 Å². The van der Waals surface area contributed by atoms with Gasteiger partial charge in [-0.15, -0.1) is 10.2 Å². The number of carbonyl (C=O) groups excluding carboxylic acids is 1. The number of hydrogen-bond acceptors (Lipinski definition) is 5. The summed E-state index contributed by atoms with van der Waals surface area (Å²) in [5.41, 5.74) is 1.34. The van der Waals surface area contributed by atoms with E-state index >= 15 is 0 Å². The van der Waals surface area contributed by atoms with E-state index < -0.39 is 0 Å². The van der Waals surface area contributed by atoms with E-state index in [1.807, 2.05) is 6.92 Å². The zero-order chi connectivity index (χ0) is 19.1. The largest absolute Gasteiger partial charge is 0.494 e. The summed E-state index contributed by atoms with van der Waals surface area (Å²) in [6, 6.07) is 16.7. The van der Waals surface area contributed by atoms with Crippen molar-refractivity contribution in [2.75, 3.05) is 17.2 Å². The molecule has 0 spiro atoms. The third kappa shape index (κ3) is 5.01. The summed E-state index contributed by atoms with van der Waals surface area (Å²) in [5.74, 6) is 0.535. The zero-order valence-corrected chi connectivity index (χ0v) is 14.8. The maximum absolute atomic E-state index is 13.6. The highest BCUT2D eigenvalue weighted by molar-refractivity contribution is 6.02. The number of anilines is 2. The number of halogens is 1. The minimum Gasteiger partial charge on any atom is -0.494 e. The Morgan fingerprint density at radius 1 is 1.04 bits per heavy atom. The van der Waals surface area contributed by atoms with Gasteiger partial charge in [0.05, 0.1) is 6.61 Å². The molecule has 0 aliphatic carbocycles. The minimum atomic E-state index is -0.368. The minimum absolute atomic E-state index is 0.181. The van der Waals surface area contributed by atoms with E-state index in [9.17, 15) is 9.18 Å². The molecule has 0 atom stereocenters. The monoisotopic (exact) mass is 366 g/mol. The van der Waals surface area contributed by atoms with E-state index in [0.29, 0.717) is 23.7 Å². The Morgan fingerprint density at radius 2 is 1.81 bits per heavy atom. The molecule has 1 heterocycles. The molecule has 0 radical (unpaired) electrons. The maximum atomic E-state index is 13.6. The number of carbonyl (C=O) groups is 1. The first kappa shape index (κ1) is 18.3. The molecule has 0 unspecified atom stereocenters. The molecule has 7 heteroatoms.